The van der Waals surface area contributed by atoms with E-state index in [1.165, 1.54) is 14.0 Å². The number of Topliss-reactive ketones (excluding diaryl/α,β-unsaturated/α-hetero) is 1. The molecule has 1 aromatic carbocycles. The maximum absolute atomic E-state index is 12.6. The van der Waals surface area contributed by atoms with E-state index < -0.39 is 18.0 Å². The van der Waals surface area contributed by atoms with Crippen LogP contribution in [0.3, 0.4) is 0 Å². The van der Waals surface area contributed by atoms with Crippen LogP contribution in [0.1, 0.15) is 46.4 Å². The van der Waals surface area contributed by atoms with Crippen LogP contribution in [-0.4, -0.2) is 37.5 Å². The Hall–Kier alpha value is -2.87. The molecular weight excluding hydrogens is 382 g/mol. The van der Waals surface area contributed by atoms with E-state index >= 15 is 0 Å². The second kappa shape index (κ2) is 9.36. The van der Waals surface area contributed by atoms with Crippen molar-refractivity contribution in [1.82, 2.24) is 0 Å². The molecule has 0 aliphatic carbocycles. The quantitative estimate of drug-likeness (QED) is 0.530. The maximum atomic E-state index is 12.6. The van der Waals surface area contributed by atoms with Crippen LogP contribution >= 0.6 is 11.3 Å². The molecule has 150 valence electrons. The Bertz CT molecular complexity index is 889. The van der Waals surface area contributed by atoms with E-state index in [2.05, 4.69) is 5.32 Å². The van der Waals surface area contributed by atoms with Gasteiger partial charge in [-0.3, -0.25) is 9.59 Å². The summed E-state index contributed by atoms with van der Waals surface area (Å²) in [7, 11) is 1.54. The van der Waals surface area contributed by atoms with E-state index in [1.54, 1.807) is 45.0 Å². The largest absolute Gasteiger partial charge is 0.497 e. The molecule has 0 saturated carbocycles. The van der Waals surface area contributed by atoms with Gasteiger partial charge in [-0.25, -0.2) is 4.79 Å². The van der Waals surface area contributed by atoms with Crippen molar-refractivity contribution in [3.63, 3.8) is 0 Å². The van der Waals surface area contributed by atoms with E-state index in [9.17, 15) is 14.4 Å². The molecule has 0 radical (unpaired) electrons. The lowest BCUT2D eigenvalue weighted by Crippen LogP contribution is -2.30. The Balaban J connectivity index is 2.23. The van der Waals surface area contributed by atoms with Gasteiger partial charge in [0.25, 0.3) is 5.91 Å². The molecule has 1 unspecified atom stereocenters. The fourth-order valence-corrected chi connectivity index (χ4v) is 3.63. The van der Waals surface area contributed by atoms with Crippen molar-refractivity contribution in [2.24, 2.45) is 0 Å². The first-order valence-corrected chi connectivity index (χ1v) is 9.53. The van der Waals surface area contributed by atoms with Crippen molar-refractivity contribution in [3.05, 3.63) is 40.3 Å². The van der Waals surface area contributed by atoms with Gasteiger partial charge in [-0.1, -0.05) is 6.07 Å². The van der Waals surface area contributed by atoms with Crippen molar-refractivity contribution in [1.29, 1.82) is 0 Å². The number of rotatable bonds is 8. The van der Waals surface area contributed by atoms with Gasteiger partial charge in [-0.15, -0.1) is 11.3 Å². The molecule has 1 aromatic heterocycles. The summed E-state index contributed by atoms with van der Waals surface area (Å²) < 4.78 is 15.9. The van der Waals surface area contributed by atoms with Crippen LogP contribution in [0.4, 0.5) is 5.00 Å². The Labute approximate surface area is 167 Å². The van der Waals surface area contributed by atoms with Crippen LogP contribution in [0, 0.1) is 6.92 Å². The van der Waals surface area contributed by atoms with Gasteiger partial charge in [0, 0.05) is 6.07 Å². The SMILES string of the molecule is CCOC(=O)c1c(NC(=O)C(C)Oc2cccc(OC)c2)sc(C(C)=O)c1C. The van der Waals surface area contributed by atoms with E-state index in [0.717, 1.165) is 11.3 Å². The summed E-state index contributed by atoms with van der Waals surface area (Å²) in [5, 5.41) is 2.96. The number of methoxy groups -OCH3 is 1. The first kappa shape index (κ1) is 21.4. The van der Waals surface area contributed by atoms with Gasteiger partial charge in [0.1, 0.15) is 16.5 Å². The Kier molecular flexibility index (Phi) is 7.17. The Morgan fingerprint density at radius 2 is 1.89 bits per heavy atom. The minimum Gasteiger partial charge on any atom is -0.497 e. The van der Waals surface area contributed by atoms with Crippen LogP contribution in [0.2, 0.25) is 0 Å². The molecule has 0 spiro atoms. The zero-order valence-electron chi connectivity index (χ0n) is 16.5. The third kappa shape index (κ3) is 4.89. The van der Waals surface area contributed by atoms with Crippen LogP contribution in [0.25, 0.3) is 0 Å². The number of anilines is 1. The number of ketones is 1. The number of carbonyl (C=O) groups is 3. The predicted molar refractivity (Wildman–Crippen MR) is 107 cm³/mol. The van der Waals surface area contributed by atoms with Crippen molar-refractivity contribution in [2.45, 2.75) is 33.8 Å². The van der Waals surface area contributed by atoms with Gasteiger partial charge < -0.3 is 19.5 Å². The summed E-state index contributed by atoms with van der Waals surface area (Å²) in [5.74, 6) is -0.145. The number of carbonyl (C=O) groups excluding carboxylic acids is 3. The summed E-state index contributed by atoms with van der Waals surface area (Å²) in [5.41, 5.74) is 0.687. The minimum atomic E-state index is -0.842. The van der Waals surface area contributed by atoms with Crippen molar-refractivity contribution in [2.75, 3.05) is 19.0 Å². The molecule has 1 amide bonds. The second-order valence-electron chi connectivity index (χ2n) is 5.97. The molecular formula is C20H23NO6S. The first-order chi connectivity index (χ1) is 13.3. The van der Waals surface area contributed by atoms with Crippen LogP contribution in [0.15, 0.2) is 24.3 Å². The van der Waals surface area contributed by atoms with Gasteiger partial charge in [-0.05, 0) is 45.4 Å². The van der Waals surface area contributed by atoms with Crippen molar-refractivity contribution < 1.29 is 28.6 Å². The first-order valence-electron chi connectivity index (χ1n) is 8.71. The molecule has 2 aromatic rings. The third-order valence-corrected chi connectivity index (χ3v) is 5.21. The lowest BCUT2D eigenvalue weighted by molar-refractivity contribution is -0.122. The monoisotopic (exact) mass is 405 g/mol. The Morgan fingerprint density at radius 3 is 2.50 bits per heavy atom. The highest BCUT2D eigenvalue weighted by atomic mass is 32.1. The highest BCUT2D eigenvalue weighted by Crippen LogP contribution is 2.34. The van der Waals surface area contributed by atoms with E-state index in [0.29, 0.717) is 21.9 Å². The summed E-state index contributed by atoms with van der Waals surface area (Å²) in [4.78, 5) is 37.2. The second-order valence-corrected chi connectivity index (χ2v) is 6.99. The summed E-state index contributed by atoms with van der Waals surface area (Å²) >= 11 is 1.05. The maximum Gasteiger partial charge on any atom is 0.341 e. The zero-order valence-corrected chi connectivity index (χ0v) is 17.3. The normalized spacial score (nSPS) is 11.5. The molecule has 0 aliphatic heterocycles. The smallest absolute Gasteiger partial charge is 0.341 e. The van der Waals surface area contributed by atoms with Crippen LogP contribution in [-0.2, 0) is 9.53 Å². The van der Waals surface area contributed by atoms with Gasteiger partial charge in [-0.2, -0.15) is 0 Å². The highest BCUT2D eigenvalue weighted by molar-refractivity contribution is 7.18. The number of ether oxygens (including phenoxy) is 3. The molecule has 0 bridgehead atoms. The molecule has 1 atom stereocenters. The topological polar surface area (TPSA) is 90.9 Å². The number of thiophene rings is 1. The summed E-state index contributed by atoms with van der Waals surface area (Å²) in [6.07, 6.45) is -0.842. The molecule has 8 heteroatoms. The Morgan fingerprint density at radius 1 is 1.21 bits per heavy atom. The fraction of sp³-hybridized carbons (Fsp3) is 0.350. The van der Waals surface area contributed by atoms with Crippen LogP contribution < -0.4 is 14.8 Å². The zero-order chi connectivity index (χ0) is 20.8. The number of benzene rings is 1. The van der Waals surface area contributed by atoms with Gasteiger partial charge >= 0.3 is 5.97 Å². The van der Waals surface area contributed by atoms with E-state index in [1.807, 2.05) is 0 Å². The summed E-state index contributed by atoms with van der Waals surface area (Å²) in [6.45, 7) is 6.53. The number of hydrogen-bond acceptors (Lipinski definition) is 7. The highest BCUT2D eigenvalue weighted by Gasteiger charge is 2.26. The third-order valence-electron chi connectivity index (χ3n) is 3.91. The molecule has 28 heavy (non-hydrogen) atoms. The lowest BCUT2D eigenvalue weighted by atomic mass is 10.1. The van der Waals surface area contributed by atoms with Crippen LogP contribution in [0.5, 0.6) is 11.5 Å². The lowest BCUT2D eigenvalue weighted by Gasteiger charge is -2.15. The number of esters is 1. The molecule has 0 saturated heterocycles. The molecule has 1 heterocycles. The number of nitrogens with one attached hydrogen (secondary N) is 1. The summed E-state index contributed by atoms with van der Waals surface area (Å²) in [6, 6.07) is 6.89. The average Bonchev–Trinajstić information content (AvgIpc) is 2.98. The number of hydrogen-bond donors (Lipinski definition) is 1. The van der Waals surface area contributed by atoms with Gasteiger partial charge in [0.15, 0.2) is 11.9 Å². The average molecular weight is 405 g/mol. The molecule has 0 fully saturated rings. The molecule has 0 aliphatic rings. The van der Waals surface area contributed by atoms with Crippen molar-refractivity contribution >= 4 is 34.0 Å². The van der Waals surface area contributed by atoms with E-state index in [4.69, 9.17) is 14.2 Å². The predicted octanol–water partition coefficient (Wildman–Crippen LogP) is 3.85. The number of amides is 1. The minimum absolute atomic E-state index is 0.186. The van der Waals surface area contributed by atoms with E-state index in [-0.39, 0.29) is 23.0 Å². The standard InChI is InChI=1S/C20H23NO6S/c1-6-26-20(24)16-11(2)17(12(3)22)28-19(16)21-18(23)13(4)27-15-9-7-8-14(10-15)25-5/h7-10,13H,6H2,1-5H3,(H,21,23). The molecule has 1 N–H and O–H groups in total. The van der Waals surface area contributed by atoms with Gasteiger partial charge in [0.2, 0.25) is 0 Å². The molecule has 7 nitrogen and oxygen atoms in total. The van der Waals surface area contributed by atoms with Gasteiger partial charge in [0.05, 0.1) is 24.2 Å². The molecule has 2 rings (SSSR count). The van der Waals surface area contributed by atoms with Crippen molar-refractivity contribution in [3.8, 4) is 11.5 Å². The fourth-order valence-electron chi connectivity index (χ4n) is 2.53.